The summed E-state index contributed by atoms with van der Waals surface area (Å²) in [6, 6.07) is 65.9. The van der Waals surface area contributed by atoms with E-state index in [-0.39, 0.29) is 0 Å². The van der Waals surface area contributed by atoms with Crippen LogP contribution in [0.4, 0.5) is 5.69 Å². The van der Waals surface area contributed by atoms with Crippen LogP contribution in [0.5, 0.6) is 0 Å². The van der Waals surface area contributed by atoms with Crippen LogP contribution in [0.1, 0.15) is 10.4 Å². The zero-order chi connectivity index (χ0) is 43.3. The van der Waals surface area contributed by atoms with Gasteiger partial charge < -0.3 is 0 Å². The SMILES string of the molecule is Clc1cc(-c2ccccc2)cc(-c2nc(-c3ccccc3)nc(-c3cc(Cl)cc(-c4ccccc4)c3)n2)c1.O=C(Cl)c1ccccc1.[C-]#[N+]c1cc(Cl)cc(-c2ccccc2)c1. The lowest BCUT2D eigenvalue weighted by atomic mass is 10.0. The zero-order valence-corrected chi connectivity index (χ0v) is 35.9. The fraction of sp³-hybridized carbons (Fsp3) is 0. The summed E-state index contributed by atoms with van der Waals surface area (Å²) in [4.78, 5) is 28.4. The van der Waals surface area contributed by atoms with Gasteiger partial charge in [-0.1, -0.05) is 186 Å². The van der Waals surface area contributed by atoms with Crippen molar-refractivity contribution in [2.45, 2.75) is 0 Å². The van der Waals surface area contributed by atoms with Gasteiger partial charge in [0.25, 0.3) is 5.24 Å². The molecule has 0 N–H and O–H groups in total. The Morgan fingerprint density at radius 2 is 0.677 bits per heavy atom. The fourth-order valence-corrected chi connectivity index (χ4v) is 7.21. The van der Waals surface area contributed by atoms with Crippen molar-refractivity contribution in [3.8, 4) is 67.5 Å². The number of rotatable bonds is 7. The predicted octanol–water partition coefficient (Wildman–Crippen LogP) is 16.1. The fourth-order valence-electron chi connectivity index (χ4n) is 6.39. The molecular weight excluding hydrogens is 850 g/mol. The first kappa shape index (κ1) is 43.2. The van der Waals surface area contributed by atoms with Gasteiger partial charge in [0.05, 0.1) is 6.57 Å². The summed E-state index contributed by atoms with van der Waals surface area (Å²) in [5.74, 6) is 1.65. The van der Waals surface area contributed by atoms with Crippen molar-refractivity contribution in [2.24, 2.45) is 0 Å². The van der Waals surface area contributed by atoms with Gasteiger partial charge in [0.1, 0.15) is 0 Å². The second-order valence-corrected chi connectivity index (χ2v) is 15.3. The van der Waals surface area contributed by atoms with E-state index in [0.717, 1.165) is 50.1 Å². The maximum absolute atomic E-state index is 10.4. The molecule has 8 aromatic carbocycles. The smallest absolute Gasteiger partial charge is 0.252 e. The molecule has 0 aliphatic heterocycles. The molecule has 0 unspecified atom stereocenters. The van der Waals surface area contributed by atoms with Crippen LogP contribution in [0.3, 0.4) is 0 Å². The molecule has 0 saturated carbocycles. The number of hydrogen-bond donors (Lipinski definition) is 0. The largest absolute Gasteiger partial charge is 0.276 e. The Kier molecular flexibility index (Phi) is 14.7. The topological polar surface area (TPSA) is 60.1 Å². The molecule has 0 radical (unpaired) electrons. The summed E-state index contributed by atoms with van der Waals surface area (Å²) in [6.45, 7) is 6.97. The molecule has 0 amide bonds. The normalized spacial score (nSPS) is 10.3. The molecule has 0 aliphatic carbocycles. The Morgan fingerprint density at radius 3 is 1.03 bits per heavy atom. The summed E-state index contributed by atoms with van der Waals surface area (Å²) < 4.78 is 0. The maximum atomic E-state index is 10.4. The third-order valence-electron chi connectivity index (χ3n) is 9.31. The molecule has 0 atom stereocenters. The van der Waals surface area contributed by atoms with Gasteiger partial charge in [0.2, 0.25) is 0 Å². The van der Waals surface area contributed by atoms with E-state index < -0.39 is 5.24 Å². The van der Waals surface area contributed by atoms with E-state index in [0.29, 0.717) is 43.8 Å². The van der Waals surface area contributed by atoms with Crippen molar-refractivity contribution >= 4 is 57.3 Å². The van der Waals surface area contributed by atoms with E-state index >= 15 is 0 Å². The van der Waals surface area contributed by atoms with Crippen molar-refractivity contribution in [1.82, 2.24) is 15.0 Å². The van der Waals surface area contributed by atoms with Gasteiger partial charge in [-0.25, -0.2) is 19.8 Å². The van der Waals surface area contributed by atoms with Crippen molar-refractivity contribution in [1.29, 1.82) is 0 Å². The van der Waals surface area contributed by atoms with Crippen LogP contribution >= 0.6 is 46.4 Å². The Bertz CT molecular complexity index is 2860. The van der Waals surface area contributed by atoms with Crippen LogP contribution in [0.15, 0.2) is 206 Å². The average Bonchev–Trinajstić information content (AvgIpc) is 3.32. The van der Waals surface area contributed by atoms with Crippen molar-refractivity contribution in [3.05, 3.63) is 238 Å². The van der Waals surface area contributed by atoms with Gasteiger partial charge >= 0.3 is 0 Å². The number of carbonyl (C=O) groups is 1. The highest BCUT2D eigenvalue weighted by Gasteiger charge is 2.15. The minimum Gasteiger partial charge on any atom is -0.276 e. The molecule has 0 fully saturated rings. The summed E-state index contributed by atoms with van der Waals surface area (Å²) in [7, 11) is 0. The molecule has 0 aliphatic rings. The van der Waals surface area contributed by atoms with Crippen molar-refractivity contribution < 1.29 is 4.79 Å². The molecular formula is C53H34Cl4N4O. The highest BCUT2D eigenvalue weighted by atomic mass is 35.5. The summed E-state index contributed by atoms with van der Waals surface area (Å²) in [5, 5.41) is 1.41. The molecule has 1 heterocycles. The number of carbonyl (C=O) groups excluding carboxylic acids is 1. The number of halogens is 4. The molecule has 0 bridgehead atoms. The van der Waals surface area contributed by atoms with Gasteiger partial charge in [0.15, 0.2) is 23.2 Å². The van der Waals surface area contributed by atoms with E-state index in [1.807, 2.05) is 140 Å². The van der Waals surface area contributed by atoms with Gasteiger partial charge in [0, 0.05) is 37.3 Å². The van der Waals surface area contributed by atoms with Crippen LogP contribution in [0, 0.1) is 6.57 Å². The van der Waals surface area contributed by atoms with E-state index in [1.165, 1.54) is 0 Å². The molecule has 0 saturated heterocycles. The van der Waals surface area contributed by atoms with E-state index in [2.05, 4.69) is 41.2 Å². The second-order valence-electron chi connectivity index (χ2n) is 13.7. The molecule has 1 aromatic heterocycles. The summed E-state index contributed by atoms with van der Waals surface area (Å²) in [5.41, 5.74) is 9.79. The lowest BCUT2D eigenvalue weighted by Crippen LogP contribution is -2.00. The first-order chi connectivity index (χ1) is 30.2. The van der Waals surface area contributed by atoms with Crippen LogP contribution < -0.4 is 0 Å². The van der Waals surface area contributed by atoms with Crippen LogP contribution in [-0.4, -0.2) is 20.2 Å². The average molecular weight is 885 g/mol. The number of benzene rings is 8. The van der Waals surface area contributed by atoms with E-state index in [9.17, 15) is 4.79 Å². The third kappa shape index (κ3) is 11.7. The summed E-state index contributed by atoms with van der Waals surface area (Å²) >= 11 is 24.3. The molecule has 300 valence electrons. The molecule has 62 heavy (non-hydrogen) atoms. The third-order valence-corrected chi connectivity index (χ3v) is 10.2. The standard InChI is InChI=1S/C33H21Cl2N3.C13H8ClN.C7H5ClO/c34-29-18-25(22-10-4-1-5-11-22)16-27(20-29)32-36-31(24-14-8-3-9-15-24)37-33(38-32)28-17-26(19-30(35)21-28)23-12-6-2-7-13-23;1-15-13-8-11(7-12(14)9-13)10-5-3-2-4-6-10;8-7(9)6-4-2-1-3-5-6/h1-21H;2-9H;1-5H. The molecule has 9 rings (SSSR count). The van der Waals surface area contributed by atoms with Crippen molar-refractivity contribution in [3.63, 3.8) is 0 Å². The molecule has 9 heteroatoms. The number of hydrogen-bond acceptors (Lipinski definition) is 4. The molecule has 0 spiro atoms. The second kappa shape index (κ2) is 21.1. The van der Waals surface area contributed by atoms with E-state index in [4.69, 9.17) is 67.9 Å². The highest BCUT2D eigenvalue weighted by Crippen LogP contribution is 2.34. The van der Waals surface area contributed by atoms with Crippen LogP contribution in [0.2, 0.25) is 15.1 Å². The van der Waals surface area contributed by atoms with Gasteiger partial charge in [-0.05, 0) is 99.6 Å². The van der Waals surface area contributed by atoms with E-state index in [1.54, 1.807) is 30.3 Å². The van der Waals surface area contributed by atoms with Crippen LogP contribution in [0.25, 0.3) is 72.4 Å². The number of aromatic nitrogens is 3. The highest BCUT2D eigenvalue weighted by molar-refractivity contribution is 6.67. The predicted molar refractivity (Wildman–Crippen MR) is 257 cm³/mol. The maximum Gasteiger partial charge on any atom is 0.252 e. The number of nitrogens with zero attached hydrogens (tertiary/aromatic N) is 4. The van der Waals surface area contributed by atoms with Crippen molar-refractivity contribution in [2.75, 3.05) is 0 Å². The quantitative estimate of drug-likeness (QED) is 0.118. The minimum absolute atomic E-state index is 0.407. The Labute approximate surface area is 380 Å². The molecule has 9 aromatic rings. The lowest BCUT2D eigenvalue weighted by molar-refractivity contribution is 0.108. The first-order valence-electron chi connectivity index (χ1n) is 19.2. The van der Waals surface area contributed by atoms with Gasteiger partial charge in [-0.2, -0.15) is 0 Å². The minimum atomic E-state index is -0.407. The summed E-state index contributed by atoms with van der Waals surface area (Å²) in [6.07, 6.45) is 0. The molecule has 5 nitrogen and oxygen atoms in total. The lowest BCUT2D eigenvalue weighted by Gasteiger charge is -2.11. The van der Waals surface area contributed by atoms with Crippen LogP contribution in [-0.2, 0) is 0 Å². The Morgan fingerprint density at radius 1 is 0.371 bits per heavy atom. The van der Waals surface area contributed by atoms with Gasteiger partial charge in [-0.3, -0.25) is 4.79 Å². The Balaban J connectivity index is 0.000000196. The Hall–Kier alpha value is -6.91. The first-order valence-corrected chi connectivity index (χ1v) is 20.8. The monoisotopic (exact) mass is 882 g/mol. The van der Waals surface area contributed by atoms with Gasteiger partial charge in [-0.15, -0.1) is 0 Å². The zero-order valence-electron chi connectivity index (χ0n) is 32.8.